The molecule has 0 aliphatic heterocycles. The first-order chi connectivity index (χ1) is 7.24. The van der Waals surface area contributed by atoms with Crippen molar-refractivity contribution in [2.45, 2.75) is 6.54 Å². The van der Waals surface area contributed by atoms with Crippen LogP contribution in [0.15, 0.2) is 30.5 Å². The summed E-state index contributed by atoms with van der Waals surface area (Å²) in [6.45, 7) is 0.728. The molecule has 0 aliphatic carbocycles. The Balaban J connectivity index is 1.96. The lowest BCUT2D eigenvalue weighted by Gasteiger charge is -2.03. The Labute approximate surface area is 102 Å². The lowest BCUT2D eigenvalue weighted by Crippen LogP contribution is -1.96. The first-order valence-corrected chi connectivity index (χ1v) is 5.91. The van der Waals surface area contributed by atoms with Crippen LogP contribution in [0.2, 0.25) is 9.49 Å². The zero-order valence-electron chi connectivity index (χ0n) is 7.71. The van der Waals surface area contributed by atoms with E-state index >= 15 is 0 Å². The van der Waals surface area contributed by atoms with Gasteiger partial charge in [0.05, 0.1) is 6.54 Å². The number of aromatic nitrogens is 1. The van der Waals surface area contributed by atoms with Crippen LogP contribution in [0.3, 0.4) is 0 Å². The van der Waals surface area contributed by atoms with Crippen LogP contribution < -0.4 is 5.32 Å². The minimum Gasteiger partial charge on any atom is -0.380 e. The lowest BCUT2D eigenvalue weighted by atomic mass is 10.3. The van der Waals surface area contributed by atoms with Crippen LogP contribution in [0.25, 0.3) is 0 Å². The van der Waals surface area contributed by atoms with Gasteiger partial charge in [-0.05, 0) is 24.3 Å². The normalized spacial score (nSPS) is 10.3. The second kappa shape index (κ2) is 4.84. The number of benzene rings is 1. The molecule has 0 saturated heterocycles. The molecule has 5 heteroatoms. The number of nitrogens with one attached hydrogen (secondary N) is 1. The average molecular weight is 259 g/mol. The van der Waals surface area contributed by atoms with Crippen molar-refractivity contribution in [2.24, 2.45) is 0 Å². The first kappa shape index (κ1) is 10.7. The van der Waals surface area contributed by atoms with E-state index in [0.29, 0.717) is 4.47 Å². The van der Waals surface area contributed by atoms with Crippen molar-refractivity contribution in [1.29, 1.82) is 0 Å². The van der Waals surface area contributed by atoms with E-state index in [4.69, 9.17) is 23.2 Å². The van der Waals surface area contributed by atoms with Gasteiger partial charge in [0.15, 0.2) is 4.47 Å². The Morgan fingerprint density at radius 3 is 2.53 bits per heavy atom. The monoisotopic (exact) mass is 258 g/mol. The van der Waals surface area contributed by atoms with E-state index in [1.165, 1.54) is 11.3 Å². The van der Waals surface area contributed by atoms with Gasteiger partial charge >= 0.3 is 0 Å². The van der Waals surface area contributed by atoms with E-state index in [9.17, 15) is 0 Å². The van der Waals surface area contributed by atoms with Gasteiger partial charge in [-0.1, -0.05) is 23.2 Å². The molecular weight excluding hydrogens is 251 g/mol. The third-order valence-electron chi connectivity index (χ3n) is 1.84. The summed E-state index contributed by atoms with van der Waals surface area (Å²) in [7, 11) is 0. The highest BCUT2D eigenvalue weighted by Gasteiger charge is 1.99. The Hall–Kier alpha value is -0.770. The Morgan fingerprint density at radius 1 is 1.20 bits per heavy atom. The molecule has 0 unspecified atom stereocenters. The van der Waals surface area contributed by atoms with Crippen LogP contribution in [-0.2, 0) is 6.54 Å². The molecule has 0 fully saturated rings. The quantitative estimate of drug-likeness (QED) is 0.898. The second-order valence-electron chi connectivity index (χ2n) is 2.94. The van der Waals surface area contributed by atoms with Gasteiger partial charge in [0.25, 0.3) is 0 Å². The zero-order chi connectivity index (χ0) is 10.7. The molecule has 0 aliphatic rings. The molecule has 2 aromatic rings. The van der Waals surface area contributed by atoms with Gasteiger partial charge in [0.1, 0.15) is 0 Å². The summed E-state index contributed by atoms with van der Waals surface area (Å²) in [5, 5.41) is 3.99. The van der Waals surface area contributed by atoms with Crippen LogP contribution in [0.4, 0.5) is 5.69 Å². The van der Waals surface area contributed by atoms with E-state index in [2.05, 4.69) is 10.3 Å². The molecule has 0 bridgehead atoms. The van der Waals surface area contributed by atoms with Gasteiger partial charge in [-0.3, -0.25) is 0 Å². The molecule has 0 amide bonds. The predicted molar refractivity (Wildman–Crippen MR) is 65.9 cm³/mol. The molecule has 1 aromatic heterocycles. The molecule has 0 spiro atoms. The van der Waals surface area contributed by atoms with Gasteiger partial charge in [-0.25, -0.2) is 4.98 Å². The number of halogens is 2. The largest absolute Gasteiger partial charge is 0.380 e. The number of anilines is 1. The molecule has 2 rings (SSSR count). The summed E-state index contributed by atoms with van der Waals surface area (Å²) in [5.74, 6) is 0. The van der Waals surface area contributed by atoms with Gasteiger partial charge < -0.3 is 5.32 Å². The van der Waals surface area contributed by atoms with Crippen molar-refractivity contribution >= 4 is 40.2 Å². The van der Waals surface area contributed by atoms with Crippen LogP contribution >= 0.6 is 34.5 Å². The van der Waals surface area contributed by atoms with Crippen LogP contribution in [-0.4, -0.2) is 4.98 Å². The predicted octanol–water partition coefficient (Wildman–Crippen LogP) is 4.06. The molecule has 1 N–H and O–H groups in total. The van der Waals surface area contributed by atoms with Crippen LogP contribution in [0.1, 0.15) is 4.88 Å². The molecule has 2 nitrogen and oxygen atoms in total. The summed E-state index contributed by atoms with van der Waals surface area (Å²) in [6, 6.07) is 7.57. The number of hydrogen-bond acceptors (Lipinski definition) is 3. The molecule has 0 radical (unpaired) electrons. The maximum atomic E-state index is 5.78. The standard InChI is InChI=1S/C10H8Cl2N2S/c11-7-1-3-8(4-2-7)13-5-9-6-14-10(12)15-9/h1-4,6,13H,5H2. The Bertz CT molecular complexity index is 439. The summed E-state index contributed by atoms with van der Waals surface area (Å²) in [6.07, 6.45) is 1.77. The summed E-state index contributed by atoms with van der Waals surface area (Å²) in [4.78, 5) is 5.07. The third-order valence-corrected chi connectivity index (χ3v) is 3.20. The summed E-state index contributed by atoms with van der Waals surface area (Å²) < 4.78 is 0.572. The Kier molecular flexibility index (Phi) is 3.46. The number of rotatable bonds is 3. The van der Waals surface area contributed by atoms with Gasteiger partial charge in [0, 0.05) is 21.8 Å². The van der Waals surface area contributed by atoms with E-state index in [1.807, 2.05) is 24.3 Å². The highest BCUT2D eigenvalue weighted by molar-refractivity contribution is 7.15. The summed E-state index contributed by atoms with van der Waals surface area (Å²) >= 11 is 13.0. The van der Waals surface area contributed by atoms with Crippen molar-refractivity contribution in [2.75, 3.05) is 5.32 Å². The van der Waals surface area contributed by atoms with Crippen molar-refractivity contribution in [3.63, 3.8) is 0 Å². The fourth-order valence-corrected chi connectivity index (χ4v) is 2.17. The second-order valence-corrected chi connectivity index (χ2v) is 5.07. The van der Waals surface area contributed by atoms with E-state index in [1.54, 1.807) is 6.20 Å². The third kappa shape index (κ3) is 3.09. The van der Waals surface area contributed by atoms with Crippen molar-refractivity contribution < 1.29 is 0 Å². The van der Waals surface area contributed by atoms with Crippen LogP contribution in [0, 0.1) is 0 Å². The van der Waals surface area contributed by atoms with E-state index in [-0.39, 0.29) is 0 Å². The van der Waals surface area contributed by atoms with E-state index in [0.717, 1.165) is 22.1 Å². The minimum absolute atomic E-state index is 0.572. The fourth-order valence-electron chi connectivity index (χ4n) is 1.12. The molecule has 78 valence electrons. The number of nitrogens with zero attached hydrogens (tertiary/aromatic N) is 1. The minimum atomic E-state index is 0.572. The Morgan fingerprint density at radius 2 is 1.93 bits per heavy atom. The van der Waals surface area contributed by atoms with Gasteiger partial charge in [0.2, 0.25) is 0 Å². The maximum absolute atomic E-state index is 5.78. The molecule has 15 heavy (non-hydrogen) atoms. The molecule has 1 heterocycles. The fraction of sp³-hybridized carbons (Fsp3) is 0.100. The highest BCUT2D eigenvalue weighted by Crippen LogP contribution is 2.19. The zero-order valence-corrected chi connectivity index (χ0v) is 10.0. The smallest absolute Gasteiger partial charge is 0.183 e. The molecule has 0 atom stereocenters. The van der Waals surface area contributed by atoms with Crippen molar-refractivity contribution in [3.05, 3.63) is 44.8 Å². The van der Waals surface area contributed by atoms with Crippen LogP contribution in [0.5, 0.6) is 0 Å². The topological polar surface area (TPSA) is 24.9 Å². The first-order valence-electron chi connectivity index (χ1n) is 4.34. The molecule has 0 saturated carbocycles. The SMILES string of the molecule is Clc1ccc(NCc2cnc(Cl)s2)cc1. The average Bonchev–Trinajstić information content (AvgIpc) is 2.64. The van der Waals surface area contributed by atoms with Crippen molar-refractivity contribution in [1.82, 2.24) is 4.98 Å². The van der Waals surface area contributed by atoms with E-state index < -0.39 is 0 Å². The number of thiazole rings is 1. The summed E-state index contributed by atoms with van der Waals surface area (Å²) in [5.41, 5.74) is 1.03. The molecule has 1 aromatic carbocycles. The van der Waals surface area contributed by atoms with Gasteiger partial charge in [-0.15, -0.1) is 11.3 Å². The van der Waals surface area contributed by atoms with Gasteiger partial charge in [-0.2, -0.15) is 0 Å². The maximum Gasteiger partial charge on any atom is 0.183 e. The van der Waals surface area contributed by atoms with Crippen molar-refractivity contribution in [3.8, 4) is 0 Å². The highest BCUT2D eigenvalue weighted by atomic mass is 35.5. The lowest BCUT2D eigenvalue weighted by molar-refractivity contribution is 1.17. The molecular formula is C10H8Cl2N2S. The number of hydrogen-bond donors (Lipinski definition) is 1.